The van der Waals surface area contributed by atoms with Crippen molar-refractivity contribution in [3.63, 3.8) is 0 Å². The Labute approximate surface area is 81.5 Å². The molecule has 0 bridgehead atoms. The van der Waals surface area contributed by atoms with Gasteiger partial charge in [-0.3, -0.25) is 0 Å². The molecule has 1 nitrogen and oxygen atoms in total. The van der Waals surface area contributed by atoms with Crippen molar-refractivity contribution >= 4 is 0 Å². The van der Waals surface area contributed by atoms with Crippen molar-refractivity contribution in [1.82, 2.24) is 0 Å². The SMILES string of the molecule is CC(C)C1CCCC2(C1)CC2CO. The second-order valence-corrected chi connectivity index (χ2v) is 5.55. The first kappa shape index (κ1) is 9.51. The van der Waals surface area contributed by atoms with E-state index in [1.165, 1.54) is 32.1 Å². The van der Waals surface area contributed by atoms with E-state index in [0.29, 0.717) is 17.9 Å². The van der Waals surface area contributed by atoms with Gasteiger partial charge in [0.05, 0.1) is 0 Å². The van der Waals surface area contributed by atoms with E-state index < -0.39 is 0 Å². The summed E-state index contributed by atoms with van der Waals surface area (Å²) in [6.07, 6.45) is 6.93. The van der Waals surface area contributed by atoms with Crippen molar-refractivity contribution in [2.45, 2.75) is 46.0 Å². The molecule has 0 amide bonds. The molecule has 0 saturated heterocycles. The molecule has 1 spiro atoms. The average molecular weight is 182 g/mol. The summed E-state index contributed by atoms with van der Waals surface area (Å²) >= 11 is 0. The normalized spacial score (nSPS) is 44.3. The summed E-state index contributed by atoms with van der Waals surface area (Å²) in [6.45, 7) is 5.13. The van der Waals surface area contributed by atoms with E-state index >= 15 is 0 Å². The van der Waals surface area contributed by atoms with Crippen LogP contribution in [0.4, 0.5) is 0 Å². The lowest BCUT2D eigenvalue weighted by molar-refractivity contribution is 0.162. The highest BCUT2D eigenvalue weighted by atomic mass is 16.3. The van der Waals surface area contributed by atoms with Crippen LogP contribution in [0.25, 0.3) is 0 Å². The minimum Gasteiger partial charge on any atom is -0.396 e. The van der Waals surface area contributed by atoms with E-state index in [1.54, 1.807) is 0 Å². The summed E-state index contributed by atoms with van der Waals surface area (Å²) in [5.74, 6) is 2.44. The summed E-state index contributed by atoms with van der Waals surface area (Å²) in [5.41, 5.74) is 0.599. The molecule has 13 heavy (non-hydrogen) atoms. The van der Waals surface area contributed by atoms with Crippen LogP contribution < -0.4 is 0 Å². The van der Waals surface area contributed by atoms with Gasteiger partial charge in [0.15, 0.2) is 0 Å². The van der Waals surface area contributed by atoms with Crippen LogP contribution in [-0.2, 0) is 0 Å². The lowest BCUT2D eigenvalue weighted by Gasteiger charge is -2.32. The third kappa shape index (κ3) is 1.63. The van der Waals surface area contributed by atoms with Crippen molar-refractivity contribution in [2.24, 2.45) is 23.2 Å². The predicted molar refractivity (Wildman–Crippen MR) is 54.4 cm³/mol. The van der Waals surface area contributed by atoms with Crippen LogP contribution >= 0.6 is 0 Å². The first-order valence-electron chi connectivity index (χ1n) is 5.79. The summed E-state index contributed by atoms with van der Waals surface area (Å²) < 4.78 is 0. The predicted octanol–water partition coefficient (Wildman–Crippen LogP) is 2.83. The number of rotatable bonds is 2. The molecule has 0 aliphatic heterocycles. The van der Waals surface area contributed by atoms with Gasteiger partial charge in [-0.15, -0.1) is 0 Å². The van der Waals surface area contributed by atoms with E-state index in [1.807, 2.05) is 0 Å². The maximum absolute atomic E-state index is 9.15. The third-order valence-electron chi connectivity index (χ3n) is 4.44. The van der Waals surface area contributed by atoms with Crippen LogP contribution in [-0.4, -0.2) is 11.7 Å². The van der Waals surface area contributed by atoms with E-state index in [0.717, 1.165) is 11.8 Å². The Balaban J connectivity index is 1.94. The largest absolute Gasteiger partial charge is 0.396 e. The van der Waals surface area contributed by atoms with Crippen molar-refractivity contribution in [2.75, 3.05) is 6.61 Å². The van der Waals surface area contributed by atoms with Gasteiger partial charge in [-0.1, -0.05) is 26.7 Å². The third-order valence-corrected chi connectivity index (χ3v) is 4.44. The highest BCUT2D eigenvalue weighted by Crippen LogP contribution is 2.62. The van der Waals surface area contributed by atoms with Gasteiger partial charge >= 0.3 is 0 Å². The summed E-state index contributed by atoms with van der Waals surface area (Å²) in [6, 6.07) is 0. The smallest absolute Gasteiger partial charge is 0.0464 e. The van der Waals surface area contributed by atoms with Crippen LogP contribution in [0.15, 0.2) is 0 Å². The molecule has 2 aliphatic carbocycles. The zero-order valence-electron chi connectivity index (χ0n) is 8.92. The Hall–Kier alpha value is -0.0400. The fourth-order valence-corrected chi connectivity index (χ4v) is 3.26. The van der Waals surface area contributed by atoms with Crippen LogP contribution in [0, 0.1) is 23.2 Å². The van der Waals surface area contributed by atoms with E-state index in [4.69, 9.17) is 5.11 Å². The van der Waals surface area contributed by atoms with Crippen molar-refractivity contribution in [3.05, 3.63) is 0 Å². The Kier molecular flexibility index (Phi) is 2.39. The highest BCUT2D eigenvalue weighted by Gasteiger charge is 2.55. The second kappa shape index (κ2) is 3.27. The van der Waals surface area contributed by atoms with Gasteiger partial charge < -0.3 is 5.11 Å². The highest BCUT2D eigenvalue weighted by molar-refractivity contribution is 5.04. The summed E-state index contributed by atoms with van der Waals surface area (Å²) in [7, 11) is 0. The molecule has 0 aromatic carbocycles. The van der Waals surface area contributed by atoms with Gasteiger partial charge in [0.2, 0.25) is 0 Å². The zero-order valence-corrected chi connectivity index (χ0v) is 8.92. The molecule has 1 heteroatoms. The minimum atomic E-state index is 0.435. The van der Waals surface area contributed by atoms with Gasteiger partial charge in [-0.25, -0.2) is 0 Å². The molecular weight excluding hydrogens is 160 g/mol. The van der Waals surface area contributed by atoms with Crippen LogP contribution in [0.1, 0.15) is 46.0 Å². The number of hydrogen-bond donors (Lipinski definition) is 1. The maximum atomic E-state index is 9.15. The van der Waals surface area contributed by atoms with E-state index in [-0.39, 0.29) is 0 Å². The molecule has 0 radical (unpaired) electrons. The average Bonchev–Trinajstić information content (AvgIpc) is 2.78. The molecule has 3 atom stereocenters. The standard InChI is InChI=1S/C12H22O/c1-9(2)10-4-3-5-12(6-10)7-11(12)8-13/h9-11,13H,3-8H2,1-2H3. The summed E-state index contributed by atoms with van der Waals surface area (Å²) in [5, 5.41) is 9.15. The van der Waals surface area contributed by atoms with E-state index in [9.17, 15) is 0 Å². The minimum absolute atomic E-state index is 0.435. The molecule has 0 heterocycles. The van der Waals surface area contributed by atoms with Crippen molar-refractivity contribution in [3.8, 4) is 0 Å². The van der Waals surface area contributed by atoms with E-state index in [2.05, 4.69) is 13.8 Å². The monoisotopic (exact) mass is 182 g/mol. The van der Waals surface area contributed by atoms with Gasteiger partial charge in [0.25, 0.3) is 0 Å². The molecule has 0 aromatic rings. The molecule has 0 aromatic heterocycles. The second-order valence-electron chi connectivity index (χ2n) is 5.55. The molecule has 2 fully saturated rings. The van der Waals surface area contributed by atoms with Crippen LogP contribution in [0.5, 0.6) is 0 Å². The van der Waals surface area contributed by atoms with Gasteiger partial charge in [-0.05, 0) is 42.4 Å². The molecule has 1 N–H and O–H groups in total. The Morgan fingerprint density at radius 2 is 2.15 bits per heavy atom. The van der Waals surface area contributed by atoms with Gasteiger partial charge in [0.1, 0.15) is 0 Å². The maximum Gasteiger partial charge on any atom is 0.0464 e. The van der Waals surface area contributed by atoms with Crippen molar-refractivity contribution in [1.29, 1.82) is 0 Å². The van der Waals surface area contributed by atoms with Gasteiger partial charge in [0, 0.05) is 6.61 Å². The van der Waals surface area contributed by atoms with Crippen LogP contribution in [0.3, 0.4) is 0 Å². The zero-order chi connectivity index (χ0) is 9.47. The number of aliphatic hydroxyl groups is 1. The molecule has 2 saturated carbocycles. The fraction of sp³-hybridized carbons (Fsp3) is 1.00. The molecular formula is C12H22O. The molecule has 2 rings (SSSR count). The molecule has 76 valence electrons. The molecule has 3 unspecified atom stereocenters. The Morgan fingerprint density at radius 1 is 1.38 bits per heavy atom. The first-order chi connectivity index (χ1) is 6.18. The first-order valence-corrected chi connectivity index (χ1v) is 5.79. The summed E-state index contributed by atoms with van der Waals surface area (Å²) in [4.78, 5) is 0. The number of aliphatic hydroxyl groups excluding tert-OH is 1. The van der Waals surface area contributed by atoms with Crippen molar-refractivity contribution < 1.29 is 5.11 Å². The number of hydrogen-bond acceptors (Lipinski definition) is 1. The van der Waals surface area contributed by atoms with Gasteiger partial charge in [-0.2, -0.15) is 0 Å². The van der Waals surface area contributed by atoms with Crippen LogP contribution in [0.2, 0.25) is 0 Å². The molecule has 2 aliphatic rings. The lowest BCUT2D eigenvalue weighted by Crippen LogP contribution is -2.22. The topological polar surface area (TPSA) is 20.2 Å². The lowest BCUT2D eigenvalue weighted by atomic mass is 9.73. The fourth-order valence-electron chi connectivity index (χ4n) is 3.26. The Bertz CT molecular complexity index is 188. The Morgan fingerprint density at radius 3 is 2.69 bits per heavy atom. The quantitative estimate of drug-likeness (QED) is 0.696.